The molecule has 0 aromatic rings. The van der Waals surface area contributed by atoms with E-state index in [0.29, 0.717) is 5.92 Å². The Labute approximate surface area is 58.4 Å². The van der Waals surface area contributed by atoms with Gasteiger partial charge in [-0.25, -0.2) is 0 Å². The summed E-state index contributed by atoms with van der Waals surface area (Å²) < 4.78 is 5.37. The lowest BCUT2D eigenvalue weighted by molar-refractivity contribution is -0.0100. The highest BCUT2D eigenvalue weighted by Gasteiger charge is 2.21. The summed E-state index contributed by atoms with van der Waals surface area (Å²) in [6.45, 7) is 12.2. The molecule has 55 valence electrons. The van der Waals surface area contributed by atoms with E-state index >= 15 is 0 Å². The van der Waals surface area contributed by atoms with Crippen molar-refractivity contribution in [3.63, 3.8) is 0 Å². The minimum atomic E-state index is -0.00521. The Bertz CT molecular complexity index is 74.6. The van der Waals surface area contributed by atoms with Crippen LogP contribution in [0.2, 0.25) is 0 Å². The first-order valence-corrected chi connectivity index (χ1v) is 3.46. The summed E-state index contributed by atoms with van der Waals surface area (Å²) in [6, 6.07) is 0. The van der Waals surface area contributed by atoms with Crippen LogP contribution in [-0.4, -0.2) is 5.60 Å². The van der Waals surface area contributed by atoms with Gasteiger partial charge in [-0.05, 0) is 26.7 Å². The van der Waals surface area contributed by atoms with Crippen LogP contribution in [0.3, 0.4) is 0 Å². The van der Waals surface area contributed by atoms with Crippen molar-refractivity contribution >= 4 is 0 Å². The van der Waals surface area contributed by atoms with Gasteiger partial charge in [0, 0.05) is 0 Å². The largest absolute Gasteiger partial charge is 0.370 e. The first-order valence-electron chi connectivity index (χ1n) is 3.46. The van der Waals surface area contributed by atoms with E-state index in [-0.39, 0.29) is 5.60 Å². The third-order valence-electron chi connectivity index (χ3n) is 1.81. The van der Waals surface area contributed by atoms with Gasteiger partial charge in [-0.2, -0.15) is 0 Å². The molecule has 0 bridgehead atoms. The van der Waals surface area contributed by atoms with Crippen molar-refractivity contribution in [2.24, 2.45) is 5.92 Å². The van der Waals surface area contributed by atoms with Crippen molar-refractivity contribution < 1.29 is 4.74 Å². The number of hydrogen-bond acceptors (Lipinski definition) is 1. The summed E-state index contributed by atoms with van der Waals surface area (Å²) in [6.07, 6.45) is 0. The van der Waals surface area contributed by atoms with Gasteiger partial charge in [0.2, 0.25) is 0 Å². The fourth-order valence-electron chi connectivity index (χ4n) is 0.440. The molecule has 0 heterocycles. The van der Waals surface area contributed by atoms with Crippen molar-refractivity contribution in [2.75, 3.05) is 0 Å². The molecule has 1 heteroatoms. The number of hydrogen-bond donors (Lipinski definition) is 0. The summed E-state index contributed by atoms with van der Waals surface area (Å²) in [5, 5.41) is 0. The van der Waals surface area contributed by atoms with Gasteiger partial charge >= 0.3 is 0 Å². The molecule has 0 aliphatic heterocycles. The summed E-state index contributed by atoms with van der Waals surface area (Å²) in [5.74, 6) is 0.564. The topological polar surface area (TPSA) is 9.23 Å². The molecule has 1 nitrogen and oxygen atoms in total. The first-order chi connectivity index (χ1) is 4.00. The van der Waals surface area contributed by atoms with Crippen LogP contribution in [0.1, 0.15) is 34.6 Å². The molecular weight excluding hydrogens is 112 g/mol. The van der Waals surface area contributed by atoms with Gasteiger partial charge in [0.05, 0.1) is 12.2 Å². The van der Waals surface area contributed by atoms with Gasteiger partial charge in [0.25, 0.3) is 0 Å². The Balaban J connectivity index is 3.70. The zero-order valence-electron chi connectivity index (χ0n) is 7.06. The van der Waals surface area contributed by atoms with E-state index in [2.05, 4.69) is 27.7 Å². The second-order valence-electron chi connectivity index (χ2n) is 3.11. The van der Waals surface area contributed by atoms with E-state index in [1.54, 1.807) is 6.61 Å². The van der Waals surface area contributed by atoms with Gasteiger partial charge < -0.3 is 4.74 Å². The molecule has 0 amide bonds. The zero-order valence-corrected chi connectivity index (χ0v) is 7.06. The Morgan fingerprint density at radius 1 is 1.33 bits per heavy atom. The monoisotopic (exact) mass is 129 g/mol. The van der Waals surface area contributed by atoms with Gasteiger partial charge in [-0.15, -0.1) is 0 Å². The minimum absolute atomic E-state index is 0.00521. The molecule has 0 spiro atoms. The highest BCUT2D eigenvalue weighted by atomic mass is 16.5. The third-order valence-corrected chi connectivity index (χ3v) is 1.81. The normalized spacial score (nSPS) is 12.7. The van der Waals surface area contributed by atoms with E-state index in [0.717, 1.165) is 0 Å². The van der Waals surface area contributed by atoms with Crippen molar-refractivity contribution in [1.29, 1.82) is 0 Å². The predicted molar refractivity (Wildman–Crippen MR) is 40.0 cm³/mol. The van der Waals surface area contributed by atoms with Gasteiger partial charge in [0.1, 0.15) is 0 Å². The van der Waals surface area contributed by atoms with Crippen LogP contribution < -0.4 is 0 Å². The molecular formula is C8H17O. The third kappa shape index (κ3) is 2.85. The van der Waals surface area contributed by atoms with Gasteiger partial charge in [-0.3, -0.25) is 0 Å². The molecule has 0 saturated carbocycles. The lowest BCUT2D eigenvalue weighted by Crippen LogP contribution is -2.29. The van der Waals surface area contributed by atoms with Crippen molar-refractivity contribution in [2.45, 2.75) is 40.2 Å². The molecule has 0 N–H and O–H groups in total. The first kappa shape index (κ1) is 8.96. The van der Waals surface area contributed by atoms with Crippen LogP contribution in [0.15, 0.2) is 0 Å². The summed E-state index contributed by atoms with van der Waals surface area (Å²) in [7, 11) is 0. The average Bonchev–Trinajstić information content (AvgIpc) is 1.65. The van der Waals surface area contributed by atoms with Gasteiger partial charge in [-0.1, -0.05) is 13.8 Å². The molecule has 0 saturated heterocycles. The SMILES string of the molecule is C[CH]OC(C)(C)C(C)C. The van der Waals surface area contributed by atoms with E-state index in [9.17, 15) is 0 Å². The molecule has 1 radical (unpaired) electrons. The van der Waals surface area contributed by atoms with Crippen molar-refractivity contribution in [3.05, 3.63) is 6.61 Å². The minimum Gasteiger partial charge on any atom is -0.370 e. The summed E-state index contributed by atoms with van der Waals surface area (Å²) in [4.78, 5) is 0. The highest BCUT2D eigenvalue weighted by Crippen LogP contribution is 2.20. The number of ether oxygens (including phenoxy) is 1. The molecule has 0 rings (SSSR count). The Morgan fingerprint density at radius 2 is 1.78 bits per heavy atom. The standard InChI is InChI=1S/C8H17O/c1-6-9-8(4,5)7(2)3/h6-7H,1-5H3. The van der Waals surface area contributed by atoms with Crippen LogP contribution in [0, 0.1) is 12.5 Å². The Hall–Kier alpha value is -0.0400. The maximum absolute atomic E-state index is 5.37. The lowest BCUT2D eigenvalue weighted by atomic mass is 9.95. The molecule has 0 aromatic heterocycles. The maximum Gasteiger partial charge on any atom is 0.0813 e. The van der Waals surface area contributed by atoms with Crippen molar-refractivity contribution in [1.82, 2.24) is 0 Å². The van der Waals surface area contributed by atoms with Crippen LogP contribution in [0.25, 0.3) is 0 Å². The van der Waals surface area contributed by atoms with E-state index < -0.39 is 0 Å². The molecule has 0 unspecified atom stereocenters. The molecule has 0 fully saturated rings. The molecule has 0 aliphatic carbocycles. The van der Waals surface area contributed by atoms with Crippen LogP contribution in [0.5, 0.6) is 0 Å². The lowest BCUT2D eigenvalue weighted by Gasteiger charge is -2.28. The Kier molecular flexibility index (Phi) is 3.20. The van der Waals surface area contributed by atoms with Crippen LogP contribution in [0.4, 0.5) is 0 Å². The fourth-order valence-corrected chi connectivity index (χ4v) is 0.440. The van der Waals surface area contributed by atoms with E-state index in [1.807, 2.05) is 6.92 Å². The average molecular weight is 129 g/mol. The second kappa shape index (κ2) is 3.21. The highest BCUT2D eigenvalue weighted by molar-refractivity contribution is 4.73. The second-order valence-corrected chi connectivity index (χ2v) is 3.11. The predicted octanol–water partition coefficient (Wildman–Crippen LogP) is 2.62. The van der Waals surface area contributed by atoms with E-state index in [4.69, 9.17) is 4.74 Å². The maximum atomic E-state index is 5.37. The quantitative estimate of drug-likeness (QED) is 0.569. The summed E-state index contributed by atoms with van der Waals surface area (Å²) in [5.41, 5.74) is -0.00521. The Morgan fingerprint density at radius 3 is 1.89 bits per heavy atom. The van der Waals surface area contributed by atoms with E-state index in [1.165, 1.54) is 0 Å². The molecule has 0 aliphatic rings. The molecule has 0 atom stereocenters. The smallest absolute Gasteiger partial charge is 0.0813 e. The van der Waals surface area contributed by atoms with Gasteiger partial charge in [0.15, 0.2) is 0 Å². The number of rotatable bonds is 3. The van der Waals surface area contributed by atoms with Crippen LogP contribution >= 0.6 is 0 Å². The molecule has 9 heavy (non-hydrogen) atoms. The fraction of sp³-hybridized carbons (Fsp3) is 0.875. The van der Waals surface area contributed by atoms with Crippen molar-refractivity contribution in [3.8, 4) is 0 Å². The zero-order chi connectivity index (χ0) is 7.49. The molecule has 0 aromatic carbocycles. The van der Waals surface area contributed by atoms with Crippen LogP contribution in [-0.2, 0) is 4.74 Å². The summed E-state index contributed by atoms with van der Waals surface area (Å²) >= 11 is 0.